The highest BCUT2D eigenvalue weighted by molar-refractivity contribution is 6.31. The number of hydrogen-bond acceptors (Lipinski definition) is 3. The van der Waals surface area contributed by atoms with Gasteiger partial charge in [-0.05, 0) is 37.8 Å². The molecule has 0 amide bonds. The molecular weight excluding hydrogens is 264 g/mol. The van der Waals surface area contributed by atoms with Gasteiger partial charge in [0, 0.05) is 0 Å². The lowest BCUT2D eigenvalue weighted by molar-refractivity contribution is 0.155. The molecule has 4 nitrogen and oxygen atoms in total. The quantitative estimate of drug-likeness (QED) is 0.853. The van der Waals surface area contributed by atoms with Gasteiger partial charge in [-0.15, -0.1) is 0 Å². The Bertz CT molecular complexity index is 516. The topological polar surface area (TPSA) is 40.2 Å². The van der Waals surface area contributed by atoms with E-state index in [0.29, 0.717) is 17.4 Å². The summed E-state index contributed by atoms with van der Waals surface area (Å²) in [4.78, 5) is 0. The first-order valence-electron chi connectivity index (χ1n) is 6.73. The fraction of sp³-hybridized carbons (Fsp3) is 0.500. The van der Waals surface area contributed by atoms with Crippen LogP contribution in [0.4, 0.5) is 0 Å². The van der Waals surface area contributed by atoms with Gasteiger partial charge >= 0.3 is 0 Å². The van der Waals surface area contributed by atoms with Crippen molar-refractivity contribution in [3.05, 3.63) is 35.5 Å². The van der Waals surface area contributed by atoms with E-state index in [9.17, 15) is 0 Å². The lowest BCUT2D eigenvalue weighted by Crippen LogP contribution is -2.19. The summed E-state index contributed by atoms with van der Waals surface area (Å²) < 4.78 is 12.9. The molecule has 1 saturated carbocycles. The van der Waals surface area contributed by atoms with Crippen molar-refractivity contribution in [2.45, 2.75) is 44.8 Å². The summed E-state index contributed by atoms with van der Waals surface area (Å²) >= 11 is 6.29. The van der Waals surface area contributed by atoms with E-state index in [1.54, 1.807) is 17.1 Å². The van der Waals surface area contributed by atoms with Crippen LogP contribution in [0.1, 0.15) is 37.9 Å². The lowest BCUT2D eigenvalue weighted by atomic mass is 9.98. The molecule has 5 heteroatoms. The number of nitrogens with zero attached hydrogens (tertiary/aromatic N) is 2. The maximum Gasteiger partial charge on any atom is 0.176 e. The van der Waals surface area contributed by atoms with Crippen LogP contribution in [0.25, 0.3) is 0 Å². The molecule has 2 aromatic heterocycles. The monoisotopic (exact) mass is 280 g/mol. The van der Waals surface area contributed by atoms with E-state index in [0.717, 1.165) is 18.6 Å². The molecule has 1 aliphatic carbocycles. The highest BCUT2D eigenvalue weighted by atomic mass is 35.5. The van der Waals surface area contributed by atoms with Crippen molar-refractivity contribution < 1.29 is 9.15 Å². The van der Waals surface area contributed by atoms with Crippen LogP contribution < -0.4 is 4.74 Å². The summed E-state index contributed by atoms with van der Waals surface area (Å²) in [6.45, 7) is 0.528. The average molecular weight is 281 g/mol. The van der Waals surface area contributed by atoms with Crippen LogP contribution in [0.2, 0.25) is 5.15 Å². The Morgan fingerprint density at radius 3 is 2.95 bits per heavy atom. The van der Waals surface area contributed by atoms with Gasteiger partial charge in [0.1, 0.15) is 12.3 Å². The van der Waals surface area contributed by atoms with Gasteiger partial charge in [0.2, 0.25) is 0 Å². The van der Waals surface area contributed by atoms with Crippen molar-refractivity contribution in [3.63, 3.8) is 0 Å². The molecule has 0 saturated heterocycles. The molecule has 0 aliphatic heterocycles. The Morgan fingerprint density at radius 2 is 2.21 bits per heavy atom. The van der Waals surface area contributed by atoms with Gasteiger partial charge in [-0.3, -0.25) is 0 Å². The number of furan rings is 1. The van der Waals surface area contributed by atoms with Gasteiger partial charge in [-0.2, -0.15) is 5.10 Å². The number of rotatable bonds is 4. The third kappa shape index (κ3) is 2.95. The fourth-order valence-corrected chi connectivity index (χ4v) is 2.65. The van der Waals surface area contributed by atoms with E-state index in [-0.39, 0.29) is 6.10 Å². The Kier molecular flexibility index (Phi) is 3.78. The Balaban J connectivity index is 1.67. The fourth-order valence-electron chi connectivity index (χ4n) is 2.46. The average Bonchev–Trinajstić information content (AvgIpc) is 3.05. The number of aromatic nitrogens is 2. The van der Waals surface area contributed by atoms with Crippen molar-refractivity contribution in [2.24, 2.45) is 0 Å². The molecule has 2 aromatic rings. The molecule has 0 radical (unpaired) electrons. The third-order valence-corrected chi connectivity index (χ3v) is 3.86. The van der Waals surface area contributed by atoms with Crippen LogP contribution >= 0.6 is 11.6 Å². The minimum atomic E-state index is 0.285. The van der Waals surface area contributed by atoms with Gasteiger partial charge in [-0.25, -0.2) is 4.68 Å². The van der Waals surface area contributed by atoms with Crippen LogP contribution in [0.5, 0.6) is 5.75 Å². The summed E-state index contributed by atoms with van der Waals surface area (Å²) in [5.74, 6) is 1.51. The van der Waals surface area contributed by atoms with E-state index in [1.165, 1.54) is 19.3 Å². The highest BCUT2D eigenvalue weighted by Gasteiger charge is 2.18. The Morgan fingerprint density at radius 1 is 1.37 bits per heavy atom. The van der Waals surface area contributed by atoms with Crippen LogP contribution in [-0.2, 0) is 6.54 Å². The summed E-state index contributed by atoms with van der Waals surface area (Å²) in [5.41, 5.74) is 0. The predicted octanol–water partition coefficient (Wildman–Crippen LogP) is 3.89. The second-order valence-electron chi connectivity index (χ2n) is 4.91. The predicted molar refractivity (Wildman–Crippen MR) is 72.5 cm³/mol. The molecule has 1 aliphatic rings. The zero-order valence-electron chi connectivity index (χ0n) is 10.7. The van der Waals surface area contributed by atoms with Crippen molar-refractivity contribution in [2.75, 3.05) is 0 Å². The summed E-state index contributed by atoms with van der Waals surface area (Å²) in [6, 6.07) is 3.76. The lowest BCUT2D eigenvalue weighted by Gasteiger charge is -2.22. The summed E-state index contributed by atoms with van der Waals surface area (Å²) in [6.07, 6.45) is 9.63. The Labute approximate surface area is 117 Å². The molecule has 19 heavy (non-hydrogen) atoms. The normalized spacial score (nSPS) is 16.7. The molecule has 2 heterocycles. The second-order valence-corrected chi connectivity index (χ2v) is 5.27. The summed E-state index contributed by atoms with van der Waals surface area (Å²) in [5, 5.41) is 4.80. The zero-order valence-corrected chi connectivity index (χ0v) is 11.5. The first kappa shape index (κ1) is 12.6. The van der Waals surface area contributed by atoms with Crippen molar-refractivity contribution in [3.8, 4) is 5.75 Å². The molecule has 0 atom stereocenters. The maximum atomic E-state index is 6.29. The van der Waals surface area contributed by atoms with Gasteiger partial charge in [0.25, 0.3) is 0 Å². The van der Waals surface area contributed by atoms with Gasteiger partial charge in [-0.1, -0.05) is 18.0 Å². The van der Waals surface area contributed by atoms with Gasteiger partial charge in [0.05, 0.1) is 18.6 Å². The number of ether oxygens (including phenoxy) is 1. The minimum Gasteiger partial charge on any atom is -0.486 e. The highest BCUT2D eigenvalue weighted by Crippen LogP contribution is 2.29. The first-order chi connectivity index (χ1) is 9.33. The standard InChI is InChI=1S/C14H17ClN2O2/c15-14-13(19-11-5-2-1-3-6-11)9-16-17(14)10-12-7-4-8-18-12/h4,7-9,11H,1-3,5-6,10H2. The molecule has 3 rings (SSSR count). The van der Waals surface area contributed by atoms with Gasteiger partial charge < -0.3 is 9.15 Å². The minimum absolute atomic E-state index is 0.285. The molecule has 102 valence electrons. The van der Waals surface area contributed by atoms with Crippen molar-refractivity contribution in [1.82, 2.24) is 9.78 Å². The first-order valence-corrected chi connectivity index (χ1v) is 7.11. The molecule has 1 fully saturated rings. The SMILES string of the molecule is Clc1c(OC2CCCCC2)cnn1Cc1ccco1. The van der Waals surface area contributed by atoms with E-state index < -0.39 is 0 Å². The number of halogens is 1. The number of hydrogen-bond donors (Lipinski definition) is 0. The second kappa shape index (κ2) is 5.70. The Hall–Kier alpha value is -1.42. The molecule has 0 N–H and O–H groups in total. The van der Waals surface area contributed by atoms with E-state index in [2.05, 4.69) is 5.10 Å². The maximum absolute atomic E-state index is 6.29. The zero-order chi connectivity index (χ0) is 13.1. The molecule has 0 unspecified atom stereocenters. The van der Waals surface area contributed by atoms with Crippen molar-refractivity contribution in [1.29, 1.82) is 0 Å². The van der Waals surface area contributed by atoms with Crippen molar-refractivity contribution >= 4 is 11.6 Å². The third-order valence-electron chi connectivity index (χ3n) is 3.48. The largest absolute Gasteiger partial charge is 0.486 e. The smallest absolute Gasteiger partial charge is 0.176 e. The van der Waals surface area contributed by atoms with E-state index in [1.807, 2.05) is 12.1 Å². The van der Waals surface area contributed by atoms with E-state index in [4.69, 9.17) is 20.8 Å². The van der Waals surface area contributed by atoms with Gasteiger partial charge in [0.15, 0.2) is 10.9 Å². The molecule has 0 spiro atoms. The summed E-state index contributed by atoms with van der Waals surface area (Å²) in [7, 11) is 0. The molecular formula is C14H17ClN2O2. The van der Waals surface area contributed by atoms with Crippen LogP contribution in [0, 0.1) is 0 Å². The van der Waals surface area contributed by atoms with Crippen LogP contribution in [0.15, 0.2) is 29.0 Å². The molecule has 0 aromatic carbocycles. The van der Waals surface area contributed by atoms with Crippen LogP contribution in [-0.4, -0.2) is 15.9 Å². The van der Waals surface area contributed by atoms with Crippen LogP contribution in [0.3, 0.4) is 0 Å². The molecule has 0 bridgehead atoms. The van der Waals surface area contributed by atoms with E-state index >= 15 is 0 Å².